The molecule has 388 valence electrons. The Morgan fingerprint density at radius 1 is 0.382 bits per heavy atom. The van der Waals surface area contributed by atoms with Crippen LogP contribution < -0.4 is 10.3 Å². The minimum Gasteiger partial charge on any atom is -0.293 e. The van der Waals surface area contributed by atoms with Crippen LogP contribution in [0, 0.1) is 0 Å². The fourth-order valence-corrected chi connectivity index (χ4v) is 10.9. The van der Waals surface area contributed by atoms with Crippen LogP contribution in [0.5, 0.6) is 0 Å². The number of halogens is 4. The van der Waals surface area contributed by atoms with Gasteiger partial charge in [-0.1, -0.05) is 170 Å². The Labute approximate surface area is 438 Å². The maximum atomic E-state index is 15.7. The minimum atomic E-state index is -4.42. The van der Waals surface area contributed by atoms with E-state index < -0.39 is 62.5 Å². The van der Waals surface area contributed by atoms with Gasteiger partial charge in [-0.3, -0.25) is 9.59 Å². The molecule has 0 amide bonds. The minimum absolute atomic E-state index is 0.0377. The summed E-state index contributed by atoms with van der Waals surface area (Å²) in [5, 5.41) is 10.7. The Bertz CT molecular complexity index is 3330. The number of nitrogens with two attached hydrogens (primary N) is 2. The van der Waals surface area contributed by atoms with Gasteiger partial charge in [0.2, 0.25) is 20.0 Å². The molecule has 76 heavy (non-hydrogen) atoms. The zero-order valence-electron chi connectivity index (χ0n) is 40.2. The lowest BCUT2D eigenvalue weighted by atomic mass is 9.67. The fraction of sp³-hybridized carbons (Fsp3) is 0.138. The molecule has 8 rings (SSSR count). The van der Waals surface area contributed by atoms with E-state index in [0.717, 1.165) is 24.3 Å². The molecule has 8 aromatic rings. The second-order valence-electron chi connectivity index (χ2n) is 18.2. The van der Waals surface area contributed by atoms with Gasteiger partial charge in [-0.05, 0) is 117 Å². The maximum Gasteiger partial charge on any atom is 0.710 e. The Balaban J connectivity index is 1.02. The smallest absolute Gasteiger partial charge is 0.293 e. The number of carbonyl (C=O) groups is 2. The predicted octanol–water partition coefficient (Wildman–Crippen LogP) is 11.7. The third-order valence-corrected chi connectivity index (χ3v) is 15.7. The van der Waals surface area contributed by atoms with Crippen LogP contribution in [-0.2, 0) is 82.4 Å². The molecule has 0 saturated heterocycles. The third-order valence-electron chi connectivity index (χ3n) is 13.1. The van der Waals surface area contributed by atoms with Gasteiger partial charge in [-0.15, -0.1) is 0 Å². The Hall–Kier alpha value is -7.34. The van der Waals surface area contributed by atoms with E-state index >= 15 is 17.6 Å². The van der Waals surface area contributed by atoms with Crippen LogP contribution in [0.3, 0.4) is 0 Å². The Morgan fingerprint density at radius 3 is 0.895 bits per heavy atom. The lowest BCUT2D eigenvalue weighted by Gasteiger charge is -2.34. The van der Waals surface area contributed by atoms with E-state index in [1.165, 1.54) is 48.5 Å². The van der Waals surface area contributed by atoms with Gasteiger partial charge in [0, 0.05) is 15.7 Å². The molecule has 0 radical (unpaired) electrons. The summed E-state index contributed by atoms with van der Waals surface area (Å²) in [6.07, 6.45) is -8.86. The molecule has 11 nitrogen and oxygen atoms in total. The first kappa shape index (κ1) is 54.9. The molecule has 4 N–H and O–H groups in total. The van der Waals surface area contributed by atoms with Crippen LogP contribution in [0.25, 0.3) is 0 Å². The summed E-state index contributed by atoms with van der Waals surface area (Å²) >= 11 is 0. The summed E-state index contributed by atoms with van der Waals surface area (Å²) < 4.78 is 133. The van der Waals surface area contributed by atoms with Crippen LogP contribution in [0.4, 0.5) is 17.6 Å². The lowest BCUT2D eigenvalue weighted by Crippen LogP contribution is -2.40. The van der Waals surface area contributed by atoms with Gasteiger partial charge in [0.1, 0.15) is 0 Å². The number of benzene rings is 8. The summed E-state index contributed by atoms with van der Waals surface area (Å²) in [4.78, 5) is 29.3. The molecule has 0 heterocycles. The van der Waals surface area contributed by atoms with Crippen LogP contribution >= 0.6 is 8.25 Å². The van der Waals surface area contributed by atoms with E-state index in [9.17, 15) is 31.0 Å². The molecule has 0 aliphatic heterocycles. The number of primary sulfonamides is 2. The van der Waals surface area contributed by atoms with E-state index in [-0.39, 0.29) is 47.0 Å². The first-order valence-electron chi connectivity index (χ1n) is 23.4. The van der Waals surface area contributed by atoms with Gasteiger partial charge in [0.15, 0.2) is 11.6 Å². The van der Waals surface area contributed by atoms with Gasteiger partial charge in [-0.25, -0.2) is 27.1 Å². The normalized spacial score (nSPS) is 14.0. The Kier molecular flexibility index (Phi) is 16.2. The standard InChI is InChI=1S/C58H48F4N2O9PS2/c59-57(60,49-29-21-41(22-30-49)37-55(47-17-9-3-10-18-47,53(65)45-13-5-1-6-14-45)39-43-25-33-51(34-26-43)75(63,68)69)72-74(67)73-58(61,62)50-31-23-42(24-32-50)38-56(48-19-11-4-12-20-48,54(66)46-15-7-2-8-16-46)40-44-27-35-52(36-28-44)76(64,70)71/h1-36H,37-40H2,(H2,63,68,69)(H2,64,70,71)/q+1. The van der Waals surface area contributed by atoms with Crippen molar-refractivity contribution in [1.29, 1.82) is 0 Å². The number of ketones is 2. The largest absolute Gasteiger partial charge is 0.710 e. The topological polar surface area (TPSA) is 190 Å². The molecule has 0 aliphatic rings. The highest BCUT2D eigenvalue weighted by Crippen LogP contribution is 2.47. The molecule has 0 spiro atoms. The summed E-state index contributed by atoms with van der Waals surface area (Å²) in [7, 11) is -12.3. The number of sulfonamides is 2. The van der Waals surface area contributed by atoms with Crippen molar-refractivity contribution in [2.24, 2.45) is 10.3 Å². The zero-order chi connectivity index (χ0) is 54.4. The van der Waals surface area contributed by atoms with Gasteiger partial charge >= 0.3 is 20.5 Å². The van der Waals surface area contributed by atoms with Gasteiger partial charge in [0.25, 0.3) is 0 Å². The van der Waals surface area contributed by atoms with E-state index in [0.29, 0.717) is 44.5 Å². The molecule has 0 aliphatic carbocycles. The third kappa shape index (κ3) is 12.7. The van der Waals surface area contributed by atoms with Crippen LogP contribution in [0.15, 0.2) is 228 Å². The van der Waals surface area contributed by atoms with Crippen LogP contribution in [0.1, 0.15) is 65.2 Å². The second kappa shape index (κ2) is 22.5. The molecular weight excluding hydrogens is 1040 g/mol. The quantitative estimate of drug-likeness (QED) is 0.0378. The predicted molar refractivity (Wildman–Crippen MR) is 279 cm³/mol. The molecule has 0 aromatic heterocycles. The van der Waals surface area contributed by atoms with Crippen molar-refractivity contribution < 1.29 is 57.6 Å². The first-order valence-corrected chi connectivity index (χ1v) is 27.6. The van der Waals surface area contributed by atoms with E-state index in [1.807, 2.05) is 0 Å². The van der Waals surface area contributed by atoms with Crippen LogP contribution in [0.2, 0.25) is 0 Å². The molecule has 8 aromatic carbocycles. The summed E-state index contributed by atoms with van der Waals surface area (Å²) in [6.45, 7) is 0. The van der Waals surface area contributed by atoms with Crippen LogP contribution in [-0.4, -0.2) is 28.4 Å². The number of alkyl halides is 4. The highest BCUT2D eigenvalue weighted by Gasteiger charge is 2.52. The van der Waals surface area contributed by atoms with Gasteiger partial charge in [-0.2, -0.15) is 17.6 Å². The lowest BCUT2D eigenvalue weighted by molar-refractivity contribution is -0.220. The highest BCUT2D eigenvalue weighted by molar-refractivity contribution is 7.89. The zero-order valence-corrected chi connectivity index (χ0v) is 42.7. The SMILES string of the molecule is NS(=O)(=O)c1ccc(CC(Cc2ccc(C(F)(F)O[P+](=O)OC(F)(F)c3ccc(CC(Cc4ccc(S(N)(=O)=O)cc4)(C(=O)c4ccccc4)c4ccccc4)cc3)cc2)(C(=O)c2ccccc2)c2ccccc2)cc1. The number of carbonyl (C=O) groups excluding carboxylic acids is 2. The van der Waals surface area contributed by atoms with Crippen molar-refractivity contribution >= 4 is 39.9 Å². The molecule has 2 unspecified atom stereocenters. The Morgan fingerprint density at radius 2 is 0.632 bits per heavy atom. The summed E-state index contributed by atoms with van der Waals surface area (Å²) in [5.41, 5.74) is -0.698. The number of Topliss-reactive ketones (excluding diaryl/α,β-unsaturated/α-hetero) is 2. The van der Waals surface area contributed by atoms with E-state index in [1.54, 1.807) is 146 Å². The molecule has 0 fully saturated rings. The first-order chi connectivity index (χ1) is 36.1. The van der Waals surface area contributed by atoms with E-state index in [4.69, 9.17) is 10.3 Å². The van der Waals surface area contributed by atoms with Crippen molar-refractivity contribution in [2.75, 3.05) is 0 Å². The molecule has 2 atom stereocenters. The van der Waals surface area contributed by atoms with Crippen molar-refractivity contribution in [3.8, 4) is 0 Å². The second-order valence-corrected chi connectivity index (χ2v) is 22.1. The van der Waals surface area contributed by atoms with Crippen molar-refractivity contribution in [3.63, 3.8) is 0 Å². The fourth-order valence-electron chi connectivity index (χ4n) is 9.29. The average molecular weight is 1090 g/mol. The van der Waals surface area contributed by atoms with Crippen molar-refractivity contribution in [1.82, 2.24) is 0 Å². The molecular formula is C58H48F4N2O9PS2+. The summed E-state index contributed by atoms with van der Waals surface area (Å²) in [6, 6.07) is 54.9. The van der Waals surface area contributed by atoms with Gasteiger partial charge < -0.3 is 0 Å². The molecule has 0 bridgehead atoms. The molecule has 0 saturated carbocycles. The monoisotopic (exact) mass is 1090 g/mol. The number of hydrogen-bond acceptors (Lipinski definition) is 9. The highest BCUT2D eigenvalue weighted by atomic mass is 32.2. The van der Waals surface area contributed by atoms with Crippen molar-refractivity contribution in [2.45, 2.75) is 58.5 Å². The van der Waals surface area contributed by atoms with E-state index in [2.05, 4.69) is 9.05 Å². The average Bonchev–Trinajstić information content (AvgIpc) is 3.41. The summed E-state index contributed by atoms with van der Waals surface area (Å²) in [5.74, 6) is -0.633. The molecule has 18 heteroatoms. The number of rotatable bonds is 22. The number of hydrogen-bond donors (Lipinski definition) is 2. The maximum absolute atomic E-state index is 15.7. The van der Waals surface area contributed by atoms with Crippen molar-refractivity contribution in [3.05, 3.63) is 274 Å². The van der Waals surface area contributed by atoms with Gasteiger partial charge in [0.05, 0.1) is 31.7 Å².